The van der Waals surface area contributed by atoms with Crippen molar-refractivity contribution in [3.05, 3.63) is 53.7 Å². The lowest BCUT2D eigenvalue weighted by molar-refractivity contribution is -0.118. The molecule has 1 N–H and O–H groups in total. The topological polar surface area (TPSA) is 77.5 Å². The summed E-state index contributed by atoms with van der Waals surface area (Å²) in [6.07, 6.45) is 0. The molecule has 0 unspecified atom stereocenters. The van der Waals surface area contributed by atoms with Gasteiger partial charge < -0.3 is 14.8 Å². The van der Waals surface area contributed by atoms with Crippen LogP contribution in [0.5, 0.6) is 5.75 Å². The van der Waals surface area contributed by atoms with Crippen molar-refractivity contribution in [2.45, 2.75) is 6.61 Å². The van der Waals surface area contributed by atoms with Crippen molar-refractivity contribution in [3.63, 3.8) is 0 Å². The van der Waals surface area contributed by atoms with E-state index in [1.165, 1.54) is 6.07 Å². The Morgan fingerprint density at radius 2 is 2.05 bits per heavy atom. The number of pyridine rings is 1. The van der Waals surface area contributed by atoms with Gasteiger partial charge in [0.15, 0.2) is 23.9 Å². The highest BCUT2D eigenvalue weighted by Gasteiger charge is 2.19. The van der Waals surface area contributed by atoms with Crippen LogP contribution < -0.4 is 10.1 Å². The molecule has 1 aromatic carbocycles. The number of carbonyl (C=O) groups is 2. The van der Waals surface area contributed by atoms with E-state index in [-0.39, 0.29) is 30.6 Å². The normalized spacial score (nSPS) is 12.9. The number of esters is 1. The van der Waals surface area contributed by atoms with Crippen LogP contribution in [-0.2, 0) is 16.1 Å². The van der Waals surface area contributed by atoms with E-state index in [0.29, 0.717) is 5.75 Å². The first-order valence-corrected chi connectivity index (χ1v) is 6.37. The lowest BCUT2D eigenvalue weighted by atomic mass is 10.2. The van der Waals surface area contributed by atoms with Gasteiger partial charge in [0.1, 0.15) is 6.61 Å². The van der Waals surface area contributed by atoms with Crippen molar-refractivity contribution in [1.82, 2.24) is 4.98 Å². The maximum atomic E-state index is 11.9. The van der Waals surface area contributed by atoms with E-state index in [0.717, 1.165) is 5.56 Å². The molecule has 0 saturated carbocycles. The molecule has 6 nitrogen and oxygen atoms in total. The Balaban J connectivity index is 1.70. The van der Waals surface area contributed by atoms with Crippen LogP contribution in [0.4, 0.5) is 5.82 Å². The smallest absolute Gasteiger partial charge is 0.357 e. The van der Waals surface area contributed by atoms with Crippen LogP contribution in [0.1, 0.15) is 16.1 Å². The summed E-state index contributed by atoms with van der Waals surface area (Å²) in [7, 11) is 0. The van der Waals surface area contributed by atoms with Crippen molar-refractivity contribution in [1.29, 1.82) is 0 Å². The molecule has 1 aliphatic heterocycles. The number of aromatic nitrogens is 1. The maximum absolute atomic E-state index is 11.9. The number of anilines is 1. The van der Waals surface area contributed by atoms with Crippen molar-refractivity contribution in [3.8, 4) is 5.75 Å². The highest BCUT2D eigenvalue weighted by atomic mass is 16.5. The number of carbonyl (C=O) groups excluding carboxylic acids is 2. The largest absolute Gasteiger partial charge is 0.480 e. The summed E-state index contributed by atoms with van der Waals surface area (Å²) >= 11 is 0. The summed E-state index contributed by atoms with van der Waals surface area (Å²) < 4.78 is 10.4. The number of benzene rings is 1. The molecule has 1 aromatic heterocycles. The fourth-order valence-corrected chi connectivity index (χ4v) is 1.87. The van der Waals surface area contributed by atoms with E-state index >= 15 is 0 Å². The van der Waals surface area contributed by atoms with Gasteiger partial charge in [-0.3, -0.25) is 4.79 Å². The Morgan fingerprint density at radius 3 is 2.86 bits per heavy atom. The fourth-order valence-electron chi connectivity index (χ4n) is 1.87. The number of ether oxygens (including phenoxy) is 2. The van der Waals surface area contributed by atoms with E-state index in [9.17, 15) is 9.59 Å². The third-order valence-corrected chi connectivity index (χ3v) is 2.90. The Hall–Kier alpha value is -2.89. The predicted molar refractivity (Wildman–Crippen MR) is 73.9 cm³/mol. The summed E-state index contributed by atoms with van der Waals surface area (Å²) in [5.74, 6) is -0.180. The van der Waals surface area contributed by atoms with Crippen molar-refractivity contribution >= 4 is 17.7 Å². The van der Waals surface area contributed by atoms with E-state index < -0.39 is 5.97 Å². The Kier molecular flexibility index (Phi) is 3.51. The van der Waals surface area contributed by atoms with Gasteiger partial charge in [-0.25, -0.2) is 9.78 Å². The summed E-state index contributed by atoms with van der Waals surface area (Å²) in [5, 5.41) is 2.55. The zero-order chi connectivity index (χ0) is 14.7. The number of rotatable bonds is 3. The number of nitrogens with zero attached hydrogens (tertiary/aromatic N) is 1. The van der Waals surface area contributed by atoms with Gasteiger partial charge in [0.2, 0.25) is 0 Å². The van der Waals surface area contributed by atoms with Crippen LogP contribution in [0.25, 0.3) is 0 Å². The number of hydrogen-bond donors (Lipinski definition) is 1. The molecule has 1 aliphatic rings. The second-order valence-electron chi connectivity index (χ2n) is 4.44. The van der Waals surface area contributed by atoms with Crippen molar-refractivity contribution < 1.29 is 19.1 Å². The molecule has 1 amide bonds. The van der Waals surface area contributed by atoms with Gasteiger partial charge in [-0.1, -0.05) is 30.3 Å². The molecule has 0 aliphatic carbocycles. The van der Waals surface area contributed by atoms with Gasteiger partial charge in [-0.15, -0.1) is 0 Å². The first-order chi connectivity index (χ1) is 10.2. The maximum Gasteiger partial charge on any atom is 0.357 e. The number of amides is 1. The second-order valence-corrected chi connectivity index (χ2v) is 4.44. The Labute approximate surface area is 120 Å². The van der Waals surface area contributed by atoms with Gasteiger partial charge in [0, 0.05) is 0 Å². The minimum Gasteiger partial charge on any atom is -0.480 e. The van der Waals surface area contributed by atoms with Gasteiger partial charge in [-0.2, -0.15) is 0 Å². The van der Waals surface area contributed by atoms with Crippen molar-refractivity contribution in [2.24, 2.45) is 0 Å². The van der Waals surface area contributed by atoms with E-state index in [1.54, 1.807) is 6.07 Å². The lowest BCUT2D eigenvalue weighted by Gasteiger charge is -2.17. The Morgan fingerprint density at radius 1 is 1.24 bits per heavy atom. The van der Waals surface area contributed by atoms with Gasteiger partial charge in [0.05, 0.1) is 0 Å². The zero-order valence-corrected chi connectivity index (χ0v) is 11.0. The average molecular weight is 284 g/mol. The molecule has 2 heterocycles. The van der Waals surface area contributed by atoms with Crippen molar-refractivity contribution in [2.75, 3.05) is 11.9 Å². The minimum absolute atomic E-state index is 0.0491. The molecule has 0 fully saturated rings. The molecule has 0 atom stereocenters. The molecule has 3 rings (SSSR count). The third kappa shape index (κ3) is 3.00. The quantitative estimate of drug-likeness (QED) is 0.869. The summed E-state index contributed by atoms with van der Waals surface area (Å²) in [6.45, 7) is 0.119. The van der Waals surface area contributed by atoms with E-state index in [2.05, 4.69) is 10.3 Å². The molecule has 0 saturated heterocycles. The summed E-state index contributed by atoms with van der Waals surface area (Å²) in [5.41, 5.74) is 1.01. The number of fused-ring (bicyclic) bond motifs is 1. The average Bonchev–Trinajstić information content (AvgIpc) is 2.53. The van der Waals surface area contributed by atoms with Crippen LogP contribution in [0.2, 0.25) is 0 Å². The molecular formula is C15H12N2O4. The number of nitrogens with one attached hydrogen (secondary N) is 1. The fraction of sp³-hybridized carbons (Fsp3) is 0.133. The predicted octanol–water partition coefficient (Wildman–Crippen LogP) is 1.77. The molecule has 6 heteroatoms. The second kappa shape index (κ2) is 5.62. The lowest BCUT2D eigenvalue weighted by Crippen LogP contribution is -2.26. The van der Waals surface area contributed by atoms with Gasteiger partial charge in [0.25, 0.3) is 5.91 Å². The molecule has 0 radical (unpaired) electrons. The van der Waals surface area contributed by atoms with Crippen LogP contribution in [0, 0.1) is 0 Å². The molecular weight excluding hydrogens is 272 g/mol. The number of hydrogen-bond acceptors (Lipinski definition) is 5. The van der Waals surface area contributed by atoms with Gasteiger partial charge >= 0.3 is 5.97 Å². The van der Waals surface area contributed by atoms with Crippen LogP contribution in [-0.4, -0.2) is 23.5 Å². The SMILES string of the molecule is O=C1COc2ccc(C(=O)OCc3ccccc3)nc2N1. The minimum atomic E-state index is -0.554. The first-order valence-electron chi connectivity index (χ1n) is 6.37. The van der Waals surface area contributed by atoms with Crippen LogP contribution in [0.15, 0.2) is 42.5 Å². The van der Waals surface area contributed by atoms with E-state index in [4.69, 9.17) is 9.47 Å². The molecule has 2 aromatic rings. The third-order valence-electron chi connectivity index (χ3n) is 2.90. The van der Waals surface area contributed by atoms with Crippen LogP contribution in [0.3, 0.4) is 0 Å². The molecule has 0 spiro atoms. The summed E-state index contributed by atoms with van der Waals surface area (Å²) in [4.78, 5) is 27.2. The molecule has 106 valence electrons. The monoisotopic (exact) mass is 284 g/mol. The summed E-state index contributed by atoms with van der Waals surface area (Å²) in [6, 6.07) is 12.4. The zero-order valence-electron chi connectivity index (χ0n) is 11.0. The molecule has 0 bridgehead atoms. The standard InChI is InChI=1S/C15H12N2O4/c18-13-9-20-12-7-6-11(16-14(12)17-13)15(19)21-8-10-4-2-1-3-5-10/h1-7H,8-9H2,(H,16,17,18). The first kappa shape index (κ1) is 13.1. The highest BCUT2D eigenvalue weighted by Crippen LogP contribution is 2.25. The van der Waals surface area contributed by atoms with Gasteiger partial charge in [-0.05, 0) is 17.7 Å². The molecule has 21 heavy (non-hydrogen) atoms. The highest BCUT2D eigenvalue weighted by molar-refractivity contribution is 5.95. The van der Waals surface area contributed by atoms with Crippen LogP contribution >= 0.6 is 0 Å². The Bertz CT molecular complexity index is 685. The van der Waals surface area contributed by atoms with E-state index in [1.807, 2.05) is 30.3 Å².